The molecule has 0 aliphatic heterocycles. The summed E-state index contributed by atoms with van der Waals surface area (Å²) in [6.07, 6.45) is 0. The van der Waals surface area contributed by atoms with Crippen molar-refractivity contribution in [3.63, 3.8) is 0 Å². The average molecular weight is 823 g/mol. The van der Waals surface area contributed by atoms with E-state index < -0.39 is 19.1 Å². The predicted molar refractivity (Wildman–Crippen MR) is 256 cm³/mol. The zero-order valence-electron chi connectivity index (χ0n) is 38.4. The molecule has 1 aliphatic carbocycles. The van der Waals surface area contributed by atoms with Crippen LogP contribution in [0.2, 0.25) is 0 Å². The van der Waals surface area contributed by atoms with E-state index in [1.54, 1.807) is 23.5 Å². The van der Waals surface area contributed by atoms with Crippen molar-refractivity contribution >= 4 is 53.1 Å². The zero-order valence-corrected chi connectivity index (χ0v) is 34.1. The molecule has 0 fully saturated rings. The molecule has 0 amide bonds. The molecular formula is C55H36N4S2. The van der Waals surface area contributed by atoms with Gasteiger partial charge in [-0.05, 0) is 57.1 Å². The lowest BCUT2D eigenvalue weighted by atomic mass is 9.81. The molecule has 0 N–H and O–H groups in total. The van der Waals surface area contributed by atoms with Gasteiger partial charge in [-0.25, -0.2) is 19.9 Å². The Hall–Kier alpha value is -7.12. The molecule has 8 aromatic carbocycles. The van der Waals surface area contributed by atoms with Crippen LogP contribution in [0.5, 0.6) is 0 Å². The van der Waals surface area contributed by atoms with Gasteiger partial charge in [0, 0.05) is 61.6 Å². The highest BCUT2D eigenvalue weighted by molar-refractivity contribution is 7.27. The van der Waals surface area contributed by atoms with Crippen LogP contribution in [-0.4, -0.2) is 19.9 Å². The lowest BCUT2D eigenvalue weighted by Gasteiger charge is -2.22. The van der Waals surface area contributed by atoms with Gasteiger partial charge in [-0.3, -0.25) is 0 Å². The van der Waals surface area contributed by atoms with Crippen LogP contribution in [0.15, 0.2) is 182 Å². The number of hydrogen-bond donors (Lipinski definition) is 0. The fourth-order valence-corrected chi connectivity index (χ4v) is 11.2. The van der Waals surface area contributed by atoms with Gasteiger partial charge in [0.1, 0.15) is 5.01 Å². The smallest absolute Gasteiger partial charge is 0.164 e. The maximum Gasteiger partial charge on any atom is 0.164 e. The number of thiophene rings is 1. The van der Waals surface area contributed by atoms with Gasteiger partial charge in [0.2, 0.25) is 0 Å². The minimum Gasteiger partial charge on any atom is -0.236 e. The summed E-state index contributed by atoms with van der Waals surface area (Å²) in [7, 11) is 0. The normalized spacial score (nSPS) is 14.8. The van der Waals surface area contributed by atoms with Crippen LogP contribution in [0.1, 0.15) is 33.1 Å². The van der Waals surface area contributed by atoms with Crippen LogP contribution in [-0.2, 0) is 5.41 Å². The standard InChI is InChI=1S/C55H36N4S2/c1-55(2)44-29-30-46-50(61-54(56-46)35-19-10-5-11-20-35)47(44)43-28-27-37(32-45(43)55)40-24-14-26-42-41-25-13-23-39(48(41)60-49(40)42)36-21-12-22-38(31-36)53-58-51(33-15-6-3-7-16-33)57-52(59-53)34-17-8-4-9-18-34/h3-32H,1-2H3/i1D3,2D3. The molecule has 0 saturated carbocycles. The maximum absolute atomic E-state index is 9.05. The van der Waals surface area contributed by atoms with Crippen LogP contribution in [0, 0.1) is 0 Å². The molecule has 3 aromatic heterocycles. The topological polar surface area (TPSA) is 51.6 Å². The van der Waals surface area contributed by atoms with Gasteiger partial charge in [0.25, 0.3) is 0 Å². The Morgan fingerprint density at radius 1 is 0.393 bits per heavy atom. The van der Waals surface area contributed by atoms with Crippen LogP contribution in [0.3, 0.4) is 0 Å². The number of thiazole rings is 1. The largest absolute Gasteiger partial charge is 0.236 e. The van der Waals surface area contributed by atoms with Crippen LogP contribution in [0.25, 0.3) is 109 Å². The molecular weight excluding hydrogens is 781 g/mol. The summed E-state index contributed by atoms with van der Waals surface area (Å²) >= 11 is 3.13. The summed E-state index contributed by atoms with van der Waals surface area (Å²) < 4.78 is 57.2. The minimum absolute atomic E-state index is 0.280. The highest BCUT2D eigenvalue weighted by Gasteiger charge is 2.37. The molecule has 0 atom stereocenters. The Labute approximate surface area is 370 Å². The van der Waals surface area contributed by atoms with E-state index in [0.29, 0.717) is 34.1 Å². The van der Waals surface area contributed by atoms with E-state index in [2.05, 4.69) is 36.4 Å². The number of benzene rings is 8. The van der Waals surface area contributed by atoms with E-state index in [4.69, 9.17) is 28.2 Å². The molecule has 0 saturated heterocycles. The van der Waals surface area contributed by atoms with Crippen LogP contribution in [0.4, 0.5) is 0 Å². The fraction of sp³-hybridized carbons (Fsp3) is 0.0545. The first-order valence-corrected chi connectivity index (χ1v) is 21.7. The monoisotopic (exact) mass is 822 g/mol. The van der Waals surface area contributed by atoms with Gasteiger partial charge in [-0.15, -0.1) is 22.7 Å². The lowest BCUT2D eigenvalue weighted by Crippen LogP contribution is -2.14. The molecule has 61 heavy (non-hydrogen) atoms. The van der Waals surface area contributed by atoms with Crippen molar-refractivity contribution in [3.05, 3.63) is 193 Å². The summed E-state index contributed by atoms with van der Waals surface area (Å²) in [5.41, 5.74) is 7.49. The zero-order chi connectivity index (χ0) is 45.7. The van der Waals surface area contributed by atoms with Crippen molar-refractivity contribution in [1.82, 2.24) is 19.9 Å². The van der Waals surface area contributed by atoms with Gasteiger partial charge in [0.05, 0.1) is 10.2 Å². The maximum atomic E-state index is 9.05. The molecule has 0 unspecified atom stereocenters. The Morgan fingerprint density at radius 3 is 1.56 bits per heavy atom. The first kappa shape index (κ1) is 30.0. The van der Waals surface area contributed by atoms with Crippen LogP contribution < -0.4 is 0 Å². The van der Waals surface area contributed by atoms with E-state index in [1.807, 2.05) is 133 Å². The Morgan fingerprint density at radius 2 is 0.934 bits per heavy atom. The molecule has 288 valence electrons. The average Bonchev–Trinajstić information content (AvgIpc) is 4.05. The van der Waals surface area contributed by atoms with Crippen molar-refractivity contribution in [2.75, 3.05) is 0 Å². The van der Waals surface area contributed by atoms with Crippen molar-refractivity contribution in [1.29, 1.82) is 0 Å². The molecule has 6 heteroatoms. The van der Waals surface area contributed by atoms with Crippen molar-refractivity contribution in [3.8, 4) is 78.1 Å². The highest BCUT2D eigenvalue weighted by atomic mass is 32.1. The van der Waals surface area contributed by atoms with E-state index >= 15 is 0 Å². The van der Waals surface area contributed by atoms with Gasteiger partial charge >= 0.3 is 0 Å². The molecule has 12 rings (SSSR count). The Kier molecular flexibility index (Phi) is 6.88. The molecule has 0 radical (unpaired) electrons. The van der Waals surface area contributed by atoms with Crippen LogP contribution >= 0.6 is 22.7 Å². The minimum atomic E-state index is -2.92. The van der Waals surface area contributed by atoms with Gasteiger partial charge in [-0.1, -0.05) is 177 Å². The quantitative estimate of drug-likeness (QED) is 0.168. The SMILES string of the molecule is [2H]C([2H])([2H])C1(C([2H])([2H])[2H])c2cc(-c3cccc4c3sc3c(-c5cccc(-c6nc(-c7ccccc7)nc(-c7ccccc7)n6)c5)cccc34)ccc2-c2c1ccc1nc(-c3ccccc3)sc21. The van der Waals surface area contributed by atoms with Crippen molar-refractivity contribution < 1.29 is 8.22 Å². The summed E-state index contributed by atoms with van der Waals surface area (Å²) in [6, 6.07) is 59.7. The summed E-state index contributed by atoms with van der Waals surface area (Å²) in [4.78, 5) is 19.8. The Balaban J connectivity index is 1.00. The molecule has 3 heterocycles. The number of aromatic nitrogens is 4. The molecule has 0 bridgehead atoms. The van der Waals surface area contributed by atoms with E-state index in [0.717, 1.165) is 74.4 Å². The lowest BCUT2D eigenvalue weighted by molar-refractivity contribution is 0.661. The van der Waals surface area contributed by atoms with E-state index in [-0.39, 0.29) is 11.1 Å². The third-order valence-electron chi connectivity index (χ3n) is 11.6. The summed E-state index contributed by atoms with van der Waals surface area (Å²) in [5, 5.41) is 2.91. The molecule has 4 nitrogen and oxygen atoms in total. The van der Waals surface area contributed by atoms with Gasteiger partial charge < -0.3 is 0 Å². The second-order valence-corrected chi connectivity index (χ2v) is 17.3. The van der Waals surface area contributed by atoms with Gasteiger partial charge in [0.15, 0.2) is 17.5 Å². The third-order valence-corrected chi connectivity index (χ3v) is 14.1. The van der Waals surface area contributed by atoms with E-state index in [1.165, 1.54) is 11.3 Å². The highest BCUT2D eigenvalue weighted by Crippen LogP contribution is 2.54. The second-order valence-electron chi connectivity index (χ2n) is 15.3. The first-order valence-electron chi connectivity index (χ1n) is 23.0. The number of hydrogen-bond acceptors (Lipinski definition) is 6. The number of nitrogens with zero attached hydrogens (tertiary/aromatic N) is 4. The van der Waals surface area contributed by atoms with E-state index in [9.17, 15) is 0 Å². The molecule has 0 spiro atoms. The fourth-order valence-electron chi connectivity index (χ4n) is 8.70. The third kappa shape index (κ3) is 5.86. The Bertz CT molecular complexity index is 3660. The predicted octanol–water partition coefficient (Wildman–Crippen LogP) is 15.2. The molecule has 11 aromatic rings. The summed E-state index contributed by atoms with van der Waals surface area (Å²) in [5.74, 6) is 1.75. The summed E-state index contributed by atoms with van der Waals surface area (Å²) in [6.45, 7) is -5.84. The number of rotatable bonds is 6. The van der Waals surface area contributed by atoms with Crippen molar-refractivity contribution in [2.45, 2.75) is 19.1 Å². The van der Waals surface area contributed by atoms with Crippen molar-refractivity contribution in [2.24, 2.45) is 0 Å². The first-order chi connectivity index (χ1) is 32.5. The van der Waals surface area contributed by atoms with Gasteiger partial charge in [-0.2, -0.15) is 0 Å². The second kappa shape index (κ2) is 14.0. The molecule has 1 aliphatic rings. The number of fused-ring (bicyclic) bond motifs is 8.